The molecule has 0 bridgehead atoms. The van der Waals surface area contributed by atoms with Gasteiger partial charge in [0.2, 0.25) is 0 Å². The molecule has 0 N–H and O–H groups in total. The van der Waals surface area contributed by atoms with Crippen LogP contribution in [0.4, 0.5) is 0 Å². The van der Waals surface area contributed by atoms with Crippen molar-refractivity contribution in [1.82, 2.24) is 19.8 Å². The van der Waals surface area contributed by atoms with Crippen molar-refractivity contribution in [2.24, 2.45) is 12.2 Å². The minimum atomic E-state index is -0.301. The Bertz CT molecular complexity index is 716. The summed E-state index contributed by atoms with van der Waals surface area (Å²) in [7, 11) is 1.56. The van der Waals surface area contributed by atoms with Crippen LogP contribution in [0, 0.1) is 0 Å². The van der Waals surface area contributed by atoms with Crippen molar-refractivity contribution in [1.29, 1.82) is 0 Å². The fourth-order valence-corrected chi connectivity index (χ4v) is 2.40. The molecule has 0 unspecified atom stereocenters. The number of benzene rings is 1. The molecule has 0 aliphatic rings. The van der Waals surface area contributed by atoms with Crippen LogP contribution in [0.5, 0.6) is 0 Å². The van der Waals surface area contributed by atoms with Crippen LogP contribution in [0.3, 0.4) is 0 Å². The van der Waals surface area contributed by atoms with Gasteiger partial charge in [-0.1, -0.05) is 11.2 Å². The molecule has 7 nitrogen and oxygen atoms in total. The van der Waals surface area contributed by atoms with Crippen molar-refractivity contribution in [3.05, 3.63) is 34.2 Å². The van der Waals surface area contributed by atoms with Crippen LogP contribution >= 0.6 is 11.8 Å². The number of oxime groups is 1. The van der Waals surface area contributed by atoms with Gasteiger partial charge >= 0.3 is 5.69 Å². The summed E-state index contributed by atoms with van der Waals surface area (Å²) in [6.45, 7) is 3.98. The number of thioether (sulfide) groups is 1. The van der Waals surface area contributed by atoms with Crippen LogP contribution in [0.15, 0.2) is 33.0 Å². The zero-order chi connectivity index (χ0) is 15.4. The van der Waals surface area contributed by atoms with Crippen molar-refractivity contribution in [3.8, 4) is 5.69 Å². The van der Waals surface area contributed by atoms with Crippen LogP contribution in [0.25, 0.3) is 5.69 Å². The molecule has 0 radical (unpaired) electrons. The van der Waals surface area contributed by atoms with Crippen LogP contribution in [-0.2, 0) is 18.5 Å². The fraction of sp³-hybridized carbons (Fsp3) is 0.385. The zero-order valence-corrected chi connectivity index (χ0v) is 13.2. The molecule has 1 aromatic carbocycles. The maximum Gasteiger partial charge on any atom is 0.368 e. The summed E-state index contributed by atoms with van der Waals surface area (Å²) < 4.78 is 2.45. The second-order valence-corrected chi connectivity index (χ2v) is 5.41. The standard InChI is InChI=1S/C13H17N5O2S/c1-9(2)14-20-8-10-11(6-5-7-12(10)21-4)18-13(19)17(3)15-16-18/h5-7H,8H2,1-4H3. The summed E-state index contributed by atoms with van der Waals surface area (Å²) >= 11 is 1.58. The van der Waals surface area contributed by atoms with E-state index in [1.807, 2.05) is 38.3 Å². The van der Waals surface area contributed by atoms with E-state index in [0.717, 1.165) is 16.2 Å². The quantitative estimate of drug-likeness (QED) is 0.476. The first-order chi connectivity index (χ1) is 10.0. The van der Waals surface area contributed by atoms with Gasteiger partial charge in [-0.3, -0.25) is 0 Å². The van der Waals surface area contributed by atoms with Crippen LogP contribution < -0.4 is 5.69 Å². The van der Waals surface area contributed by atoms with E-state index in [-0.39, 0.29) is 12.3 Å². The van der Waals surface area contributed by atoms with Gasteiger partial charge in [0.05, 0.1) is 11.4 Å². The maximum absolute atomic E-state index is 12.0. The first kappa shape index (κ1) is 15.3. The number of tetrazole rings is 1. The van der Waals surface area contributed by atoms with Crippen molar-refractivity contribution < 1.29 is 4.84 Å². The Morgan fingerprint density at radius 3 is 2.71 bits per heavy atom. The third-order valence-electron chi connectivity index (χ3n) is 2.73. The predicted molar refractivity (Wildman–Crippen MR) is 82.0 cm³/mol. The summed E-state index contributed by atoms with van der Waals surface area (Å²) in [5, 5.41) is 11.6. The lowest BCUT2D eigenvalue weighted by molar-refractivity contribution is 0.128. The van der Waals surface area contributed by atoms with Gasteiger partial charge in [0.15, 0.2) is 0 Å². The molecule has 0 atom stereocenters. The monoisotopic (exact) mass is 307 g/mol. The third-order valence-corrected chi connectivity index (χ3v) is 3.56. The second-order valence-electron chi connectivity index (χ2n) is 4.57. The lowest BCUT2D eigenvalue weighted by Crippen LogP contribution is -2.23. The largest absolute Gasteiger partial charge is 0.391 e. The summed E-state index contributed by atoms with van der Waals surface area (Å²) in [5.41, 5.74) is 2.04. The van der Waals surface area contributed by atoms with Crippen molar-refractivity contribution in [2.45, 2.75) is 25.3 Å². The first-order valence-electron chi connectivity index (χ1n) is 6.33. The molecule has 112 valence electrons. The van der Waals surface area contributed by atoms with E-state index in [2.05, 4.69) is 15.6 Å². The zero-order valence-electron chi connectivity index (χ0n) is 12.4. The van der Waals surface area contributed by atoms with Crippen LogP contribution in [0.2, 0.25) is 0 Å². The van der Waals surface area contributed by atoms with Gasteiger partial charge in [0.25, 0.3) is 0 Å². The van der Waals surface area contributed by atoms with Crippen molar-refractivity contribution in [2.75, 3.05) is 6.26 Å². The highest BCUT2D eigenvalue weighted by Crippen LogP contribution is 2.26. The smallest absolute Gasteiger partial charge is 0.368 e. The highest BCUT2D eigenvalue weighted by Gasteiger charge is 2.14. The number of rotatable bonds is 5. The summed E-state index contributed by atoms with van der Waals surface area (Å²) in [6.07, 6.45) is 1.97. The van der Waals surface area contributed by atoms with E-state index in [1.54, 1.807) is 18.8 Å². The van der Waals surface area contributed by atoms with Gasteiger partial charge in [-0.15, -0.1) is 11.8 Å². The molecule has 21 heavy (non-hydrogen) atoms. The van der Waals surface area contributed by atoms with Gasteiger partial charge in [0, 0.05) is 17.5 Å². The molecular formula is C13H17N5O2S. The van der Waals surface area contributed by atoms with Crippen LogP contribution in [0.1, 0.15) is 19.4 Å². The van der Waals surface area contributed by atoms with E-state index in [1.165, 1.54) is 9.36 Å². The summed E-state index contributed by atoms with van der Waals surface area (Å²) in [5.74, 6) is 0. The molecule has 0 aliphatic heterocycles. The van der Waals surface area contributed by atoms with Crippen LogP contribution in [-0.4, -0.2) is 31.8 Å². The topological polar surface area (TPSA) is 74.3 Å². The van der Waals surface area contributed by atoms with Gasteiger partial charge in [-0.25, -0.2) is 4.79 Å². The lowest BCUT2D eigenvalue weighted by atomic mass is 10.2. The van der Waals surface area contributed by atoms with E-state index in [4.69, 9.17) is 4.84 Å². The number of aromatic nitrogens is 4. The van der Waals surface area contributed by atoms with Gasteiger partial charge in [0.1, 0.15) is 6.61 Å². The number of aryl methyl sites for hydroxylation is 1. The molecule has 0 aliphatic carbocycles. The molecule has 1 heterocycles. The molecule has 0 amide bonds. The molecule has 2 rings (SSSR count). The average molecular weight is 307 g/mol. The summed E-state index contributed by atoms with van der Waals surface area (Å²) in [4.78, 5) is 18.4. The van der Waals surface area contributed by atoms with E-state index in [0.29, 0.717) is 5.69 Å². The predicted octanol–water partition coefficient (Wildman–Crippen LogP) is 1.60. The minimum Gasteiger partial charge on any atom is -0.391 e. The van der Waals surface area contributed by atoms with E-state index >= 15 is 0 Å². The van der Waals surface area contributed by atoms with Crippen molar-refractivity contribution in [3.63, 3.8) is 0 Å². The second kappa shape index (κ2) is 6.57. The first-order valence-corrected chi connectivity index (χ1v) is 7.55. The summed E-state index contributed by atoms with van der Waals surface area (Å²) in [6, 6.07) is 5.66. The highest BCUT2D eigenvalue weighted by atomic mass is 32.2. The number of hydrogen-bond donors (Lipinski definition) is 0. The lowest BCUT2D eigenvalue weighted by Gasteiger charge is -2.11. The maximum atomic E-state index is 12.0. The molecule has 1 aromatic heterocycles. The molecule has 0 saturated carbocycles. The Labute approximate surface area is 126 Å². The Balaban J connectivity index is 2.48. The molecular weight excluding hydrogens is 290 g/mol. The Hall–Kier alpha value is -2.09. The highest BCUT2D eigenvalue weighted by molar-refractivity contribution is 7.98. The Morgan fingerprint density at radius 1 is 1.38 bits per heavy atom. The Morgan fingerprint density at radius 2 is 2.14 bits per heavy atom. The normalized spacial score (nSPS) is 10.5. The fourth-order valence-electron chi connectivity index (χ4n) is 1.78. The minimum absolute atomic E-state index is 0.264. The Kier molecular flexibility index (Phi) is 4.79. The van der Waals surface area contributed by atoms with E-state index < -0.39 is 0 Å². The van der Waals surface area contributed by atoms with Gasteiger partial charge < -0.3 is 4.84 Å². The van der Waals surface area contributed by atoms with Gasteiger partial charge in [-0.05, 0) is 42.7 Å². The van der Waals surface area contributed by atoms with Gasteiger partial charge in [-0.2, -0.15) is 9.36 Å². The molecule has 2 aromatic rings. The third kappa shape index (κ3) is 3.33. The number of hydrogen-bond acceptors (Lipinski definition) is 6. The van der Waals surface area contributed by atoms with Crippen molar-refractivity contribution >= 4 is 17.5 Å². The molecule has 0 fully saturated rings. The molecule has 0 spiro atoms. The van der Waals surface area contributed by atoms with E-state index in [9.17, 15) is 4.79 Å². The average Bonchev–Trinajstić information content (AvgIpc) is 2.79. The molecule has 0 saturated heterocycles. The molecule has 8 heteroatoms. The SMILES string of the molecule is CSc1cccc(-n2nnn(C)c2=O)c1CON=C(C)C. The number of nitrogens with zero attached hydrogens (tertiary/aromatic N) is 5.